The van der Waals surface area contributed by atoms with Crippen LogP contribution in [0, 0.1) is 11.8 Å². The Bertz CT molecular complexity index is 1600. The highest BCUT2D eigenvalue weighted by Crippen LogP contribution is 2.71. The van der Waals surface area contributed by atoms with Gasteiger partial charge >= 0.3 is 0 Å². The summed E-state index contributed by atoms with van der Waals surface area (Å²) in [6.45, 7) is 10.7. The standard InChI is InChI=1S/C33H38N6O4S/c1-4-17-36(21-23-11-7-6-8-12-23)29(41)26-27-30(42)38(19-20-40)28(33(27)16-15-32(26,3)44-33)31(43)37(18-5-2)22-39-25-14-10-9-13-24(25)34-35-39/h4-14,26-28,40H,1-2,15-22H2,3H3/t26-,27-,28?,32+,33?/m0/s1. The maximum atomic E-state index is 14.6. The van der Waals surface area contributed by atoms with Crippen molar-refractivity contribution < 1.29 is 19.5 Å². The number of hydrogen-bond acceptors (Lipinski definition) is 7. The predicted molar refractivity (Wildman–Crippen MR) is 169 cm³/mol. The van der Waals surface area contributed by atoms with Gasteiger partial charge in [-0.3, -0.25) is 14.4 Å². The van der Waals surface area contributed by atoms with Crippen LogP contribution in [0.1, 0.15) is 25.3 Å². The normalized spacial score (nSPS) is 27.0. The van der Waals surface area contributed by atoms with E-state index in [0.717, 1.165) is 11.1 Å². The number of para-hydroxylation sites is 1. The zero-order valence-corrected chi connectivity index (χ0v) is 25.7. The second-order valence-corrected chi connectivity index (χ2v) is 13.9. The van der Waals surface area contributed by atoms with Gasteiger partial charge in [-0.25, -0.2) is 4.68 Å². The molecule has 3 aliphatic heterocycles. The Morgan fingerprint density at radius 3 is 2.48 bits per heavy atom. The minimum absolute atomic E-state index is 0.0141. The summed E-state index contributed by atoms with van der Waals surface area (Å²) in [6, 6.07) is 16.5. The molecule has 1 N–H and O–H groups in total. The molecular weight excluding hydrogens is 576 g/mol. The van der Waals surface area contributed by atoms with Gasteiger partial charge in [0.15, 0.2) is 0 Å². The quantitative estimate of drug-likeness (QED) is 0.312. The lowest BCUT2D eigenvalue weighted by molar-refractivity contribution is -0.146. The van der Waals surface area contributed by atoms with Crippen molar-refractivity contribution >= 4 is 40.5 Å². The summed E-state index contributed by atoms with van der Waals surface area (Å²) in [4.78, 5) is 48.3. The number of carbonyl (C=O) groups excluding carboxylic acids is 3. The van der Waals surface area contributed by atoms with Gasteiger partial charge in [0, 0.05) is 30.9 Å². The van der Waals surface area contributed by atoms with E-state index in [0.29, 0.717) is 31.4 Å². The van der Waals surface area contributed by atoms with Crippen molar-refractivity contribution in [3.8, 4) is 0 Å². The van der Waals surface area contributed by atoms with Gasteiger partial charge in [-0.15, -0.1) is 30.0 Å². The lowest BCUT2D eigenvalue weighted by atomic mass is 9.66. The van der Waals surface area contributed by atoms with E-state index in [2.05, 4.69) is 30.4 Å². The Morgan fingerprint density at radius 1 is 1.05 bits per heavy atom. The Hall–Kier alpha value is -3.96. The molecule has 3 amide bonds. The molecule has 44 heavy (non-hydrogen) atoms. The smallest absolute Gasteiger partial charge is 0.248 e. The second-order valence-electron chi connectivity index (χ2n) is 12.0. The molecule has 10 nitrogen and oxygen atoms in total. The summed E-state index contributed by atoms with van der Waals surface area (Å²) in [7, 11) is 0. The number of rotatable bonds is 12. The fraction of sp³-hybridized carbons (Fsp3) is 0.424. The third kappa shape index (κ3) is 4.82. The van der Waals surface area contributed by atoms with Crippen LogP contribution in [0.15, 0.2) is 79.9 Å². The third-order valence-electron chi connectivity index (χ3n) is 9.38. The zero-order chi connectivity index (χ0) is 31.1. The Kier molecular flexibility index (Phi) is 8.10. The number of aliphatic hydroxyl groups is 1. The van der Waals surface area contributed by atoms with E-state index in [1.54, 1.807) is 38.4 Å². The molecule has 1 aromatic heterocycles. The molecule has 0 aliphatic carbocycles. The molecule has 2 aromatic carbocycles. The van der Waals surface area contributed by atoms with Gasteiger partial charge in [0.1, 0.15) is 18.2 Å². The SMILES string of the molecule is C=CCN(Cn1nnc2ccccc21)C(=O)C1N(CCO)C(=O)[C@@H]2[C@@H](C(=O)N(CC=C)Cc3ccccc3)[C@@]3(C)CCC12S3. The van der Waals surface area contributed by atoms with E-state index in [1.807, 2.05) is 54.6 Å². The summed E-state index contributed by atoms with van der Waals surface area (Å²) in [5, 5.41) is 18.6. The van der Waals surface area contributed by atoms with E-state index < -0.39 is 27.4 Å². The number of likely N-dealkylation sites (tertiary alicyclic amines) is 1. The highest BCUT2D eigenvalue weighted by Gasteiger charge is 2.77. The number of hydrogen-bond donors (Lipinski definition) is 1. The molecule has 230 valence electrons. The first-order chi connectivity index (χ1) is 21.3. The minimum Gasteiger partial charge on any atom is -0.395 e. The number of thioether (sulfide) groups is 1. The zero-order valence-electron chi connectivity index (χ0n) is 24.9. The number of aliphatic hydroxyl groups excluding tert-OH is 1. The van der Waals surface area contributed by atoms with Gasteiger partial charge in [0.25, 0.3) is 0 Å². The molecule has 3 saturated heterocycles. The molecule has 6 rings (SSSR count). The first kappa shape index (κ1) is 30.1. The first-order valence-corrected chi connectivity index (χ1v) is 15.8. The molecule has 3 aromatic rings. The lowest BCUT2D eigenvalue weighted by Gasteiger charge is -2.38. The van der Waals surface area contributed by atoms with Crippen molar-refractivity contribution in [3.63, 3.8) is 0 Å². The molecule has 5 atom stereocenters. The van der Waals surface area contributed by atoms with Crippen LogP contribution in [-0.4, -0.2) is 94.3 Å². The van der Waals surface area contributed by atoms with Crippen LogP contribution in [0.5, 0.6) is 0 Å². The van der Waals surface area contributed by atoms with Crippen molar-refractivity contribution in [3.05, 3.63) is 85.5 Å². The van der Waals surface area contributed by atoms with E-state index in [4.69, 9.17) is 0 Å². The Morgan fingerprint density at radius 2 is 1.75 bits per heavy atom. The number of amides is 3. The van der Waals surface area contributed by atoms with E-state index in [9.17, 15) is 19.5 Å². The molecule has 3 fully saturated rings. The van der Waals surface area contributed by atoms with E-state index in [1.165, 1.54) is 4.90 Å². The van der Waals surface area contributed by atoms with Gasteiger partial charge < -0.3 is 19.8 Å². The third-order valence-corrected chi connectivity index (χ3v) is 11.4. The molecule has 2 unspecified atom stereocenters. The van der Waals surface area contributed by atoms with Crippen LogP contribution in [-0.2, 0) is 27.6 Å². The van der Waals surface area contributed by atoms with Crippen molar-refractivity contribution in [2.45, 2.75) is 48.5 Å². The van der Waals surface area contributed by atoms with Gasteiger partial charge in [-0.1, -0.05) is 59.8 Å². The van der Waals surface area contributed by atoms with Gasteiger partial charge in [-0.2, -0.15) is 0 Å². The summed E-state index contributed by atoms with van der Waals surface area (Å²) >= 11 is 1.62. The molecule has 0 radical (unpaired) electrons. The van der Waals surface area contributed by atoms with Crippen LogP contribution in [0.2, 0.25) is 0 Å². The van der Waals surface area contributed by atoms with Gasteiger partial charge in [-0.05, 0) is 37.5 Å². The predicted octanol–water partition coefficient (Wildman–Crippen LogP) is 3.09. The fourth-order valence-corrected chi connectivity index (χ4v) is 9.89. The molecule has 1 spiro atoms. The molecule has 4 heterocycles. The largest absolute Gasteiger partial charge is 0.395 e. The number of carbonyl (C=O) groups is 3. The molecule has 3 aliphatic rings. The summed E-state index contributed by atoms with van der Waals surface area (Å²) in [5.74, 6) is -1.87. The number of benzene rings is 2. The number of fused-ring (bicyclic) bond motifs is 2. The van der Waals surface area contributed by atoms with Crippen molar-refractivity contribution in [1.29, 1.82) is 0 Å². The second kappa shape index (κ2) is 11.9. The van der Waals surface area contributed by atoms with Crippen LogP contribution in [0.4, 0.5) is 0 Å². The van der Waals surface area contributed by atoms with Crippen LogP contribution < -0.4 is 0 Å². The molecule has 0 saturated carbocycles. The van der Waals surface area contributed by atoms with Gasteiger partial charge in [0.05, 0.1) is 28.7 Å². The minimum atomic E-state index is -0.839. The summed E-state index contributed by atoms with van der Waals surface area (Å²) in [5.41, 5.74) is 2.50. The topological polar surface area (TPSA) is 112 Å². The highest BCUT2D eigenvalue weighted by molar-refractivity contribution is 8.02. The maximum absolute atomic E-state index is 14.6. The average molecular weight is 615 g/mol. The van der Waals surface area contributed by atoms with Crippen molar-refractivity contribution in [2.75, 3.05) is 26.2 Å². The van der Waals surface area contributed by atoms with Crippen LogP contribution in [0.25, 0.3) is 11.0 Å². The number of aromatic nitrogens is 3. The number of β-amino-alcohol motifs (C(OH)–C–C–N with tert-alkyl or cyclic N) is 1. The monoisotopic (exact) mass is 614 g/mol. The first-order valence-electron chi connectivity index (χ1n) is 15.0. The van der Waals surface area contributed by atoms with E-state index >= 15 is 0 Å². The molecular formula is C33H38N6O4S. The molecule has 11 heteroatoms. The molecule has 2 bridgehead atoms. The Labute approximate surface area is 261 Å². The number of nitrogens with zero attached hydrogens (tertiary/aromatic N) is 6. The van der Waals surface area contributed by atoms with Crippen molar-refractivity contribution in [2.24, 2.45) is 11.8 Å². The summed E-state index contributed by atoms with van der Waals surface area (Å²) in [6.07, 6.45) is 4.70. The van der Waals surface area contributed by atoms with Crippen molar-refractivity contribution in [1.82, 2.24) is 29.7 Å². The average Bonchev–Trinajstić information content (AvgIpc) is 3.73. The fourth-order valence-electron chi connectivity index (χ4n) is 7.55. The maximum Gasteiger partial charge on any atom is 0.248 e. The lowest BCUT2D eigenvalue weighted by Crippen LogP contribution is -2.55. The highest BCUT2D eigenvalue weighted by atomic mass is 32.2. The Balaban J connectivity index is 1.35. The van der Waals surface area contributed by atoms with Gasteiger partial charge in [0.2, 0.25) is 17.7 Å². The van der Waals surface area contributed by atoms with Crippen LogP contribution >= 0.6 is 11.8 Å². The van der Waals surface area contributed by atoms with Crippen LogP contribution in [0.3, 0.4) is 0 Å². The van der Waals surface area contributed by atoms with E-state index in [-0.39, 0.29) is 44.1 Å². The summed E-state index contributed by atoms with van der Waals surface area (Å²) < 4.78 is 0.361.